The van der Waals surface area contributed by atoms with E-state index in [2.05, 4.69) is 5.32 Å². The van der Waals surface area contributed by atoms with Crippen LogP contribution in [0.4, 0.5) is 8.78 Å². The van der Waals surface area contributed by atoms with Gasteiger partial charge >= 0.3 is 0 Å². The predicted molar refractivity (Wildman–Crippen MR) is 57.2 cm³/mol. The first-order valence-corrected chi connectivity index (χ1v) is 5.96. The third-order valence-corrected chi connectivity index (χ3v) is 4.01. The topological polar surface area (TPSA) is 29.1 Å². The molecule has 16 heavy (non-hydrogen) atoms. The van der Waals surface area contributed by atoms with E-state index in [-0.39, 0.29) is 30.2 Å². The Morgan fingerprint density at radius 3 is 2.50 bits per heavy atom. The Balaban J connectivity index is 2.03. The summed E-state index contributed by atoms with van der Waals surface area (Å²) < 4.78 is 26.5. The number of hydrogen-bond donors (Lipinski definition) is 1. The second kappa shape index (κ2) is 3.67. The molecule has 4 heteroatoms. The van der Waals surface area contributed by atoms with Crippen molar-refractivity contribution in [1.29, 1.82) is 0 Å². The number of amides is 1. The van der Waals surface area contributed by atoms with Gasteiger partial charge in [0.25, 0.3) is 0 Å². The van der Waals surface area contributed by atoms with Crippen LogP contribution in [-0.2, 0) is 4.79 Å². The van der Waals surface area contributed by atoms with E-state index >= 15 is 0 Å². The minimum atomic E-state index is -2.48. The van der Waals surface area contributed by atoms with E-state index in [4.69, 9.17) is 0 Å². The molecule has 1 N–H and O–H groups in total. The molecule has 0 spiro atoms. The highest BCUT2D eigenvalue weighted by molar-refractivity contribution is 5.73. The molecule has 0 aromatic rings. The van der Waals surface area contributed by atoms with E-state index < -0.39 is 5.92 Å². The van der Waals surface area contributed by atoms with Gasteiger partial charge in [-0.05, 0) is 38.0 Å². The monoisotopic (exact) mass is 231 g/mol. The van der Waals surface area contributed by atoms with Crippen LogP contribution in [0.25, 0.3) is 0 Å². The highest BCUT2D eigenvalue weighted by atomic mass is 19.3. The number of nitrogens with one attached hydrogen (secondary N) is 1. The average Bonchev–Trinajstić information content (AvgIpc) is 2.36. The Kier molecular flexibility index (Phi) is 2.71. The SMILES string of the molecule is CC(=O)N[C@@]1(C)CC2CCC(F)(F)C[C@H]2C1. The average molecular weight is 231 g/mol. The predicted octanol–water partition coefficient (Wildman–Crippen LogP) is 2.73. The maximum absolute atomic E-state index is 13.3. The number of carbonyl (C=O) groups is 1. The van der Waals surface area contributed by atoms with Crippen molar-refractivity contribution in [2.75, 3.05) is 0 Å². The quantitative estimate of drug-likeness (QED) is 0.738. The van der Waals surface area contributed by atoms with Crippen LogP contribution in [0.1, 0.15) is 46.0 Å². The van der Waals surface area contributed by atoms with Crippen LogP contribution in [0.15, 0.2) is 0 Å². The van der Waals surface area contributed by atoms with Gasteiger partial charge in [-0.25, -0.2) is 8.78 Å². The number of halogens is 2. The lowest BCUT2D eigenvalue weighted by molar-refractivity contribution is -0.120. The first kappa shape index (κ1) is 11.8. The van der Waals surface area contributed by atoms with Crippen LogP contribution in [0.3, 0.4) is 0 Å². The van der Waals surface area contributed by atoms with Crippen LogP contribution in [0, 0.1) is 11.8 Å². The molecule has 2 aliphatic carbocycles. The molecule has 92 valence electrons. The summed E-state index contributed by atoms with van der Waals surface area (Å²) in [5.74, 6) is -2.09. The Morgan fingerprint density at radius 2 is 1.88 bits per heavy atom. The lowest BCUT2D eigenvalue weighted by Gasteiger charge is -2.31. The molecule has 2 rings (SSSR count). The number of carbonyl (C=O) groups excluding carboxylic acids is 1. The molecule has 0 saturated heterocycles. The van der Waals surface area contributed by atoms with Gasteiger partial charge in [0.05, 0.1) is 0 Å². The maximum Gasteiger partial charge on any atom is 0.248 e. The van der Waals surface area contributed by atoms with E-state index in [1.807, 2.05) is 6.92 Å². The number of rotatable bonds is 1. The number of alkyl halides is 2. The van der Waals surface area contributed by atoms with Crippen LogP contribution < -0.4 is 5.32 Å². The molecule has 0 heterocycles. The third kappa shape index (κ3) is 2.36. The van der Waals surface area contributed by atoms with Gasteiger partial charge in [-0.1, -0.05) is 0 Å². The Hall–Kier alpha value is -0.670. The smallest absolute Gasteiger partial charge is 0.248 e. The molecule has 0 radical (unpaired) electrons. The van der Waals surface area contributed by atoms with E-state index in [1.165, 1.54) is 6.92 Å². The minimum absolute atomic E-state index is 0.00679. The van der Waals surface area contributed by atoms with E-state index in [1.54, 1.807) is 0 Å². The Labute approximate surface area is 94.8 Å². The van der Waals surface area contributed by atoms with Crippen molar-refractivity contribution in [2.45, 2.75) is 57.4 Å². The highest BCUT2D eigenvalue weighted by Crippen LogP contribution is 2.51. The van der Waals surface area contributed by atoms with Crippen LogP contribution in [0.5, 0.6) is 0 Å². The van der Waals surface area contributed by atoms with Crippen molar-refractivity contribution in [3.05, 3.63) is 0 Å². The minimum Gasteiger partial charge on any atom is -0.351 e. The lowest BCUT2D eigenvalue weighted by atomic mass is 9.80. The summed E-state index contributed by atoms with van der Waals surface area (Å²) in [5.41, 5.74) is -0.262. The fourth-order valence-corrected chi connectivity index (χ4v) is 3.56. The zero-order valence-electron chi connectivity index (χ0n) is 9.85. The van der Waals surface area contributed by atoms with Crippen molar-refractivity contribution in [3.8, 4) is 0 Å². The van der Waals surface area contributed by atoms with Crippen molar-refractivity contribution in [1.82, 2.24) is 5.32 Å². The van der Waals surface area contributed by atoms with Gasteiger partial charge in [-0.3, -0.25) is 4.79 Å². The summed E-state index contributed by atoms with van der Waals surface area (Å²) >= 11 is 0. The molecule has 0 aromatic heterocycles. The van der Waals surface area contributed by atoms with Gasteiger partial charge in [-0.15, -0.1) is 0 Å². The highest BCUT2D eigenvalue weighted by Gasteiger charge is 2.49. The van der Waals surface area contributed by atoms with Gasteiger partial charge in [0.15, 0.2) is 0 Å². The van der Waals surface area contributed by atoms with Crippen molar-refractivity contribution >= 4 is 5.91 Å². The zero-order valence-corrected chi connectivity index (χ0v) is 9.85. The van der Waals surface area contributed by atoms with E-state index in [0.717, 1.165) is 6.42 Å². The Bertz CT molecular complexity index is 305. The first-order valence-electron chi connectivity index (χ1n) is 5.96. The van der Waals surface area contributed by atoms with Crippen LogP contribution in [0.2, 0.25) is 0 Å². The largest absolute Gasteiger partial charge is 0.351 e. The zero-order chi connectivity index (χ0) is 12.0. The third-order valence-electron chi connectivity index (χ3n) is 4.01. The normalized spacial score (nSPS) is 41.5. The molecular formula is C12H19F2NO. The van der Waals surface area contributed by atoms with Gasteiger partial charge in [0.2, 0.25) is 11.8 Å². The van der Waals surface area contributed by atoms with E-state index in [9.17, 15) is 13.6 Å². The molecule has 2 saturated carbocycles. The van der Waals surface area contributed by atoms with Crippen molar-refractivity contribution in [2.24, 2.45) is 11.8 Å². The fourth-order valence-electron chi connectivity index (χ4n) is 3.56. The molecule has 1 unspecified atom stereocenters. The summed E-state index contributed by atoms with van der Waals surface area (Å²) in [6.07, 6.45) is 2.18. The fraction of sp³-hybridized carbons (Fsp3) is 0.917. The molecule has 0 aliphatic heterocycles. The summed E-state index contributed by atoms with van der Waals surface area (Å²) in [6.45, 7) is 3.46. The van der Waals surface area contributed by atoms with Gasteiger partial charge in [0, 0.05) is 25.3 Å². The number of hydrogen-bond acceptors (Lipinski definition) is 1. The van der Waals surface area contributed by atoms with Crippen LogP contribution in [-0.4, -0.2) is 17.4 Å². The summed E-state index contributed by atoms with van der Waals surface area (Å²) in [5, 5.41) is 2.92. The van der Waals surface area contributed by atoms with Crippen molar-refractivity contribution in [3.63, 3.8) is 0 Å². The second-order valence-corrected chi connectivity index (χ2v) is 5.77. The van der Waals surface area contributed by atoms with Gasteiger partial charge < -0.3 is 5.32 Å². The maximum atomic E-state index is 13.3. The molecule has 2 fully saturated rings. The first-order chi connectivity index (χ1) is 7.30. The standard InChI is InChI=1S/C12H19F2NO/c1-8(16)15-11(2)5-9-3-4-12(13,14)7-10(9)6-11/h9-10H,3-7H2,1-2H3,(H,15,16)/t9?,10-,11+/m1/s1. The number of fused-ring (bicyclic) bond motifs is 1. The van der Waals surface area contributed by atoms with E-state index in [0.29, 0.717) is 18.8 Å². The Morgan fingerprint density at radius 1 is 1.25 bits per heavy atom. The molecule has 0 aromatic carbocycles. The van der Waals surface area contributed by atoms with Gasteiger partial charge in [-0.2, -0.15) is 0 Å². The lowest BCUT2D eigenvalue weighted by Crippen LogP contribution is -2.43. The molecule has 1 amide bonds. The molecule has 2 nitrogen and oxygen atoms in total. The summed E-state index contributed by atoms with van der Waals surface area (Å²) in [6, 6.07) is 0. The van der Waals surface area contributed by atoms with Crippen molar-refractivity contribution < 1.29 is 13.6 Å². The molecule has 3 atom stereocenters. The van der Waals surface area contributed by atoms with Crippen LogP contribution >= 0.6 is 0 Å². The molecule has 2 aliphatic rings. The molecular weight excluding hydrogens is 212 g/mol. The summed E-state index contributed by atoms with van der Waals surface area (Å²) in [4.78, 5) is 11.1. The second-order valence-electron chi connectivity index (χ2n) is 5.77. The summed E-state index contributed by atoms with van der Waals surface area (Å²) in [7, 11) is 0. The van der Waals surface area contributed by atoms with Gasteiger partial charge in [0.1, 0.15) is 0 Å². The molecule has 0 bridgehead atoms.